The molecule has 0 radical (unpaired) electrons. The molecule has 0 saturated heterocycles. The van der Waals surface area contributed by atoms with Crippen LogP contribution in [-0.4, -0.2) is 0 Å². The molecule has 1 aromatic carbocycles. The van der Waals surface area contributed by atoms with E-state index in [1.807, 2.05) is 0 Å². The molecule has 0 spiro atoms. The molecule has 0 unspecified atom stereocenters. The molecule has 210 valence electrons. The first-order valence-corrected chi connectivity index (χ1v) is 16.9. The van der Waals surface area contributed by atoms with E-state index in [1.165, 1.54) is 173 Å². The van der Waals surface area contributed by atoms with Gasteiger partial charge in [0.2, 0.25) is 0 Å². The van der Waals surface area contributed by atoms with E-state index in [1.54, 1.807) is 16.7 Å². The Hall–Kier alpha value is -0.780. The summed E-state index contributed by atoms with van der Waals surface area (Å²) in [6, 6.07) is 7.26. The molecule has 1 rings (SSSR count). The molecule has 0 aromatic heterocycles. The summed E-state index contributed by atoms with van der Waals surface area (Å²) < 4.78 is 0. The molecular weight excluding hydrogens is 432 g/mol. The average Bonchev–Trinajstić information content (AvgIpc) is 2.89. The summed E-state index contributed by atoms with van der Waals surface area (Å²) in [5.74, 6) is 0. The molecule has 0 N–H and O–H groups in total. The molecule has 0 bridgehead atoms. The van der Waals surface area contributed by atoms with E-state index in [2.05, 4.69) is 39.0 Å². The van der Waals surface area contributed by atoms with Gasteiger partial charge in [-0.1, -0.05) is 174 Å². The molecule has 36 heavy (non-hydrogen) atoms. The van der Waals surface area contributed by atoms with Crippen LogP contribution >= 0.6 is 0 Å². The zero-order chi connectivity index (χ0) is 25.9. The smallest absolute Gasteiger partial charge is 0.0274 e. The minimum atomic E-state index is 1.30. The van der Waals surface area contributed by atoms with Crippen LogP contribution in [0.2, 0.25) is 0 Å². The summed E-state index contributed by atoms with van der Waals surface area (Å²) in [6.07, 6.45) is 38.2. The molecule has 0 amide bonds. The molecule has 0 atom stereocenters. The SMILES string of the molecule is CCCCCCCCCCCCCc1cccc(CCCCCCCCCCCCC)c1CCCC. The predicted octanol–water partition coefficient (Wildman–Crippen LogP) is 12.7. The van der Waals surface area contributed by atoms with Crippen LogP contribution in [0.15, 0.2) is 18.2 Å². The standard InChI is InChI=1S/C36H66/c1-4-7-10-12-14-16-18-20-22-24-26-29-34-31-28-32-35(36(34)33-9-6-3)30-27-25-23-21-19-17-15-13-11-8-5-2/h28,31-32H,4-27,29-30,33H2,1-3H3. The number of aryl methyl sites for hydroxylation is 2. The second-order valence-electron chi connectivity index (χ2n) is 11.7. The maximum absolute atomic E-state index is 2.45. The van der Waals surface area contributed by atoms with Gasteiger partial charge in [-0.15, -0.1) is 0 Å². The zero-order valence-electron chi connectivity index (χ0n) is 25.3. The van der Waals surface area contributed by atoms with Crippen LogP contribution in [0.5, 0.6) is 0 Å². The average molecular weight is 499 g/mol. The Morgan fingerprint density at radius 2 is 0.639 bits per heavy atom. The number of rotatable bonds is 27. The fourth-order valence-electron chi connectivity index (χ4n) is 5.79. The van der Waals surface area contributed by atoms with E-state index >= 15 is 0 Å². The van der Waals surface area contributed by atoms with Crippen molar-refractivity contribution in [2.24, 2.45) is 0 Å². The third kappa shape index (κ3) is 18.5. The van der Waals surface area contributed by atoms with Crippen molar-refractivity contribution in [1.82, 2.24) is 0 Å². The summed E-state index contributed by atoms with van der Waals surface area (Å²) in [4.78, 5) is 0. The van der Waals surface area contributed by atoms with Crippen LogP contribution in [0.4, 0.5) is 0 Å². The maximum Gasteiger partial charge on any atom is -0.0274 e. The van der Waals surface area contributed by atoms with Gasteiger partial charge in [0.1, 0.15) is 0 Å². The van der Waals surface area contributed by atoms with E-state index in [9.17, 15) is 0 Å². The van der Waals surface area contributed by atoms with E-state index in [0.717, 1.165) is 0 Å². The number of hydrogen-bond donors (Lipinski definition) is 0. The molecule has 0 aliphatic heterocycles. The first kappa shape index (κ1) is 33.2. The number of unbranched alkanes of at least 4 members (excludes halogenated alkanes) is 21. The van der Waals surface area contributed by atoms with Crippen LogP contribution in [0.3, 0.4) is 0 Å². The molecule has 0 heteroatoms. The van der Waals surface area contributed by atoms with Crippen LogP contribution in [0.25, 0.3) is 0 Å². The highest BCUT2D eigenvalue weighted by atomic mass is 14.1. The lowest BCUT2D eigenvalue weighted by Gasteiger charge is -2.15. The normalized spacial score (nSPS) is 11.4. The van der Waals surface area contributed by atoms with Crippen molar-refractivity contribution in [3.8, 4) is 0 Å². The lowest BCUT2D eigenvalue weighted by Crippen LogP contribution is -2.02. The summed E-state index contributed by atoms with van der Waals surface area (Å²) in [5.41, 5.74) is 5.10. The first-order valence-electron chi connectivity index (χ1n) is 16.9. The van der Waals surface area contributed by atoms with Crippen molar-refractivity contribution in [2.45, 2.75) is 194 Å². The molecule has 0 heterocycles. The number of benzene rings is 1. The summed E-state index contributed by atoms with van der Waals surface area (Å²) >= 11 is 0. The van der Waals surface area contributed by atoms with Crippen molar-refractivity contribution in [3.05, 3.63) is 34.9 Å². The fourth-order valence-corrected chi connectivity index (χ4v) is 5.79. The zero-order valence-corrected chi connectivity index (χ0v) is 25.3. The van der Waals surface area contributed by atoms with Gasteiger partial charge < -0.3 is 0 Å². The summed E-state index contributed by atoms with van der Waals surface area (Å²) in [5, 5.41) is 0. The highest BCUT2D eigenvalue weighted by Gasteiger charge is 2.08. The van der Waals surface area contributed by atoms with E-state index in [0.29, 0.717) is 0 Å². The van der Waals surface area contributed by atoms with Crippen molar-refractivity contribution in [1.29, 1.82) is 0 Å². The highest BCUT2D eigenvalue weighted by molar-refractivity contribution is 5.36. The Labute approximate surface area is 228 Å². The first-order chi connectivity index (χ1) is 17.8. The minimum absolute atomic E-state index is 1.30. The van der Waals surface area contributed by atoms with Gasteiger partial charge in [0.25, 0.3) is 0 Å². The highest BCUT2D eigenvalue weighted by Crippen LogP contribution is 2.23. The van der Waals surface area contributed by atoms with Crippen LogP contribution in [0.1, 0.15) is 192 Å². The second-order valence-corrected chi connectivity index (χ2v) is 11.7. The Balaban J connectivity index is 2.24. The van der Waals surface area contributed by atoms with E-state index in [-0.39, 0.29) is 0 Å². The molecule has 0 saturated carbocycles. The van der Waals surface area contributed by atoms with Gasteiger partial charge >= 0.3 is 0 Å². The Bertz CT molecular complexity index is 527. The predicted molar refractivity (Wildman–Crippen MR) is 165 cm³/mol. The Kier molecular flexibility index (Phi) is 23.9. The lowest BCUT2D eigenvalue weighted by atomic mass is 9.90. The monoisotopic (exact) mass is 499 g/mol. The van der Waals surface area contributed by atoms with Gasteiger partial charge in [0.15, 0.2) is 0 Å². The lowest BCUT2D eigenvalue weighted by molar-refractivity contribution is 0.548. The fraction of sp³-hybridized carbons (Fsp3) is 0.833. The van der Waals surface area contributed by atoms with Gasteiger partial charge in [0.05, 0.1) is 0 Å². The Morgan fingerprint density at radius 3 is 0.972 bits per heavy atom. The van der Waals surface area contributed by atoms with Crippen molar-refractivity contribution >= 4 is 0 Å². The minimum Gasteiger partial charge on any atom is -0.0654 e. The largest absolute Gasteiger partial charge is 0.0654 e. The molecule has 0 aliphatic carbocycles. The van der Waals surface area contributed by atoms with Crippen molar-refractivity contribution in [3.63, 3.8) is 0 Å². The molecule has 0 fully saturated rings. The van der Waals surface area contributed by atoms with Gasteiger partial charge in [-0.05, 0) is 55.2 Å². The third-order valence-corrected chi connectivity index (χ3v) is 8.25. The van der Waals surface area contributed by atoms with Gasteiger partial charge in [-0.2, -0.15) is 0 Å². The third-order valence-electron chi connectivity index (χ3n) is 8.25. The molecular formula is C36H66. The van der Waals surface area contributed by atoms with Crippen LogP contribution in [0, 0.1) is 0 Å². The van der Waals surface area contributed by atoms with Crippen molar-refractivity contribution < 1.29 is 0 Å². The molecule has 1 aromatic rings. The summed E-state index contributed by atoms with van der Waals surface area (Å²) in [6.45, 7) is 6.96. The van der Waals surface area contributed by atoms with E-state index in [4.69, 9.17) is 0 Å². The topological polar surface area (TPSA) is 0 Å². The maximum atomic E-state index is 2.45. The van der Waals surface area contributed by atoms with Crippen molar-refractivity contribution in [2.75, 3.05) is 0 Å². The quantitative estimate of drug-likeness (QED) is 0.106. The number of hydrogen-bond acceptors (Lipinski definition) is 0. The Morgan fingerprint density at radius 1 is 0.333 bits per heavy atom. The van der Waals surface area contributed by atoms with E-state index < -0.39 is 0 Å². The van der Waals surface area contributed by atoms with Gasteiger partial charge in [-0.3, -0.25) is 0 Å². The van der Waals surface area contributed by atoms with Gasteiger partial charge in [-0.25, -0.2) is 0 Å². The van der Waals surface area contributed by atoms with Crippen LogP contribution < -0.4 is 0 Å². The summed E-state index contributed by atoms with van der Waals surface area (Å²) in [7, 11) is 0. The molecule has 0 nitrogen and oxygen atoms in total. The molecule has 0 aliphatic rings. The van der Waals surface area contributed by atoms with Crippen LogP contribution in [-0.2, 0) is 19.3 Å². The van der Waals surface area contributed by atoms with Gasteiger partial charge in [0, 0.05) is 0 Å². The second kappa shape index (κ2) is 25.9.